The third-order valence-electron chi connectivity index (χ3n) is 2.18. The largest absolute Gasteiger partial charge is 0.496 e. The molecule has 0 saturated heterocycles. The van der Waals surface area contributed by atoms with Crippen molar-refractivity contribution in [1.29, 1.82) is 0 Å². The van der Waals surface area contributed by atoms with Gasteiger partial charge >= 0.3 is 0 Å². The Hall–Kier alpha value is -1.34. The van der Waals surface area contributed by atoms with E-state index < -0.39 is 0 Å². The lowest BCUT2D eigenvalue weighted by Gasteiger charge is -2.23. The molecule has 20 heavy (non-hydrogen) atoms. The zero-order valence-electron chi connectivity index (χ0n) is 11.8. The number of amides is 1. The van der Waals surface area contributed by atoms with Gasteiger partial charge in [-0.25, -0.2) is 0 Å². The summed E-state index contributed by atoms with van der Waals surface area (Å²) in [6.07, 6.45) is 0. The van der Waals surface area contributed by atoms with Gasteiger partial charge in [0, 0.05) is 10.0 Å². The highest BCUT2D eigenvalue weighted by atomic mass is 79.9. The van der Waals surface area contributed by atoms with E-state index in [1.165, 1.54) is 7.11 Å². The predicted molar refractivity (Wildman–Crippen MR) is 86.8 cm³/mol. The molecule has 1 aromatic rings. The smallest absolute Gasteiger partial charge is 0.273 e. The number of hydrogen-bond donors (Lipinski definition) is 3. The molecule has 0 fully saturated rings. The first-order chi connectivity index (χ1) is 9.23. The Morgan fingerprint density at radius 3 is 2.50 bits per heavy atom. The molecule has 1 rings (SSSR count). The average Bonchev–Trinajstić information content (AvgIpc) is 2.33. The Morgan fingerprint density at radius 2 is 1.95 bits per heavy atom. The van der Waals surface area contributed by atoms with Crippen molar-refractivity contribution < 1.29 is 9.53 Å². The van der Waals surface area contributed by atoms with Crippen LogP contribution in [0.3, 0.4) is 0 Å². The maximum Gasteiger partial charge on any atom is 0.273 e. The standard InChI is InChI=1S/C13H18BrN3O2S/c1-13(2,3)15-12(20)17-16-11(18)9-7-8(14)5-6-10(9)19-4/h5-7H,1-4H3,(H,16,18)(H2,15,17,20). The first-order valence-corrected chi connectivity index (χ1v) is 7.15. The molecule has 5 nitrogen and oxygen atoms in total. The summed E-state index contributed by atoms with van der Waals surface area (Å²) >= 11 is 8.40. The molecule has 0 aliphatic rings. The van der Waals surface area contributed by atoms with Crippen molar-refractivity contribution in [2.45, 2.75) is 26.3 Å². The molecule has 3 N–H and O–H groups in total. The summed E-state index contributed by atoms with van der Waals surface area (Å²) in [7, 11) is 1.51. The van der Waals surface area contributed by atoms with Gasteiger partial charge in [0.2, 0.25) is 0 Å². The molecule has 0 saturated carbocycles. The summed E-state index contributed by atoms with van der Waals surface area (Å²) < 4.78 is 5.94. The fourth-order valence-corrected chi connectivity index (χ4v) is 2.13. The molecule has 0 aliphatic heterocycles. The Labute approximate surface area is 132 Å². The van der Waals surface area contributed by atoms with E-state index in [0.717, 1.165) is 4.47 Å². The van der Waals surface area contributed by atoms with Gasteiger partial charge in [-0.15, -0.1) is 0 Å². The molecule has 110 valence electrons. The highest BCUT2D eigenvalue weighted by Crippen LogP contribution is 2.22. The molecule has 1 amide bonds. The fourth-order valence-electron chi connectivity index (χ4n) is 1.41. The van der Waals surface area contributed by atoms with E-state index in [2.05, 4.69) is 32.1 Å². The van der Waals surface area contributed by atoms with Crippen LogP contribution in [0.2, 0.25) is 0 Å². The SMILES string of the molecule is COc1ccc(Br)cc1C(=O)NNC(=S)NC(C)(C)C. The first-order valence-electron chi connectivity index (χ1n) is 5.95. The van der Waals surface area contributed by atoms with E-state index in [-0.39, 0.29) is 11.4 Å². The molecule has 0 unspecified atom stereocenters. The van der Waals surface area contributed by atoms with Gasteiger partial charge in [-0.2, -0.15) is 0 Å². The van der Waals surface area contributed by atoms with Crippen molar-refractivity contribution in [1.82, 2.24) is 16.2 Å². The van der Waals surface area contributed by atoms with E-state index in [9.17, 15) is 4.79 Å². The number of rotatable bonds is 2. The lowest BCUT2D eigenvalue weighted by Crippen LogP contribution is -2.52. The number of benzene rings is 1. The minimum Gasteiger partial charge on any atom is -0.496 e. The maximum absolute atomic E-state index is 12.1. The van der Waals surface area contributed by atoms with Crippen LogP contribution in [0.4, 0.5) is 0 Å². The van der Waals surface area contributed by atoms with E-state index in [1.807, 2.05) is 20.8 Å². The minimum absolute atomic E-state index is 0.178. The van der Waals surface area contributed by atoms with Crippen LogP contribution in [-0.2, 0) is 0 Å². The van der Waals surface area contributed by atoms with Crippen molar-refractivity contribution in [2.24, 2.45) is 0 Å². The van der Waals surface area contributed by atoms with Crippen molar-refractivity contribution in [3.05, 3.63) is 28.2 Å². The molecule has 0 spiro atoms. The van der Waals surface area contributed by atoms with Gasteiger partial charge in [0.05, 0.1) is 12.7 Å². The second-order valence-corrected chi connectivity index (χ2v) is 6.45. The highest BCUT2D eigenvalue weighted by molar-refractivity contribution is 9.10. The number of halogens is 1. The minimum atomic E-state index is -0.332. The summed E-state index contributed by atoms with van der Waals surface area (Å²) in [6.45, 7) is 5.92. The third kappa shape index (κ3) is 5.34. The zero-order valence-corrected chi connectivity index (χ0v) is 14.2. The molecule has 0 heterocycles. The van der Waals surface area contributed by atoms with E-state index in [4.69, 9.17) is 17.0 Å². The van der Waals surface area contributed by atoms with Crippen LogP contribution in [0.25, 0.3) is 0 Å². The second-order valence-electron chi connectivity index (χ2n) is 5.13. The molecule has 0 aromatic heterocycles. The summed E-state index contributed by atoms with van der Waals surface area (Å²) in [5.41, 5.74) is 5.42. The van der Waals surface area contributed by atoms with Crippen LogP contribution >= 0.6 is 28.1 Å². The van der Waals surface area contributed by atoms with Crippen molar-refractivity contribution in [3.8, 4) is 5.75 Å². The van der Waals surface area contributed by atoms with Crippen LogP contribution in [-0.4, -0.2) is 23.7 Å². The van der Waals surface area contributed by atoms with Gasteiger partial charge in [0.25, 0.3) is 5.91 Å². The highest BCUT2D eigenvalue weighted by Gasteiger charge is 2.14. The molecule has 1 aromatic carbocycles. The number of thiocarbonyl (C=S) groups is 1. The maximum atomic E-state index is 12.1. The molecule has 0 bridgehead atoms. The van der Waals surface area contributed by atoms with Crippen LogP contribution in [0.15, 0.2) is 22.7 Å². The molecule has 0 atom stereocenters. The Morgan fingerprint density at radius 1 is 1.30 bits per heavy atom. The van der Waals surface area contributed by atoms with Gasteiger partial charge in [-0.1, -0.05) is 15.9 Å². The number of hydrogen-bond acceptors (Lipinski definition) is 3. The quantitative estimate of drug-likeness (QED) is 0.558. The van der Waals surface area contributed by atoms with E-state index in [0.29, 0.717) is 16.4 Å². The average molecular weight is 360 g/mol. The fraction of sp³-hybridized carbons (Fsp3) is 0.385. The van der Waals surface area contributed by atoms with Crippen LogP contribution < -0.4 is 20.9 Å². The molecule has 0 aliphatic carbocycles. The third-order valence-corrected chi connectivity index (χ3v) is 2.88. The van der Waals surface area contributed by atoms with Crippen molar-refractivity contribution >= 4 is 39.2 Å². The first kappa shape index (κ1) is 16.7. The van der Waals surface area contributed by atoms with Crippen molar-refractivity contribution in [3.63, 3.8) is 0 Å². The lowest BCUT2D eigenvalue weighted by atomic mass is 10.1. The molecule has 0 radical (unpaired) electrons. The second kappa shape index (κ2) is 6.90. The van der Waals surface area contributed by atoms with Crippen molar-refractivity contribution in [2.75, 3.05) is 7.11 Å². The Balaban J connectivity index is 2.68. The number of carbonyl (C=O) groups excluding carboxylic acids is 1. The van der Waals surface area contributed by atoms with E-state index >= 15 is 0 Å². The Kier molecular flexibility index (Phi) is 5.76. The van der Waals surface area contributed by atoms with Crippen LogP contribution in [0, 0.1) is 0 Å². The number of carbonyl (C=O) groups is 1. The van der Waals surface area contributed by atoms with Crippen LogP contribution in [0.1, 0.15) is 31.1 Å². The number of hydrazine groups is 1. The van der Waals surface area contributed by atoms with Gasteiger partial charge < -0.3 is 10.1 Å². The van der Waals surface area contributed by atoms with Gasteiger partial charge in [-0.3, -0.25) is 15.6 Å². The molecular formula is C13H18BrN3O2S. The number of methoxy groups -OCH3 is 1. The monoisotopic (exact) mass is 359 g/mol. The summed E-state index contributed by atoms with van der Waals surface area (Å²) in [5.74, 6) is 0.156. The van der Waals surface area contributed by atoms with Crippen LogP contribution in [0.5, 0.6) is 5.75 Å². The topological polar surface area (TPSA) is 62.4 Å². The molecular weight excluding hydrogens is 342 g/mol. The summed E-state index contributed by atoms with van der Waals surface area (Å²) in [6, 6.07) is 5.19. The number of nitrogens with one attached hydrogen (secondary N) is 3. The number of ether oxygens (including phenoxy) is 1. The lowest BCUT2D eigenvalue weighted by molar-refractivity contribution is 0.0940. The Bertz CT molecular complexity index is 515. The zero-order chi connectivity index (χ0) is 15.3. The molecule has 7 heteroatoms. The summed E-state index contributed by atoms with van der Waals surface area (Å²) in [4.78, 5) is 12.1. The van der Waals surface area contributed by atoms with E-state index in [1.54, 1.807) is 18.2 Å². The van der Waals surface area contributed by atoms with Gasteiger partial charge in [-0.05, 0) is 51.2 Å². The van der Waals surface area contributed by atoms with Gasteiger partial charge in [0.15, 0.2) is 5.11 Å². The normalized spacial score (nSPS) is 10.7. The predicted octanol–water partition coefficient (Wildman–Crippen LogP) is 2.37. The summed E-state index contributed by atoms with van der Waals surface area (Å²) in [5, 5.41) is 3.38. The van der Waals surface area contributed by atoms with Gasteiger partial charge in [0.1, 0.15) is 5.75 Å².